The zero-order valence-corrected chi connectivity index (χ0v) is 9.93. The average Bonchev–Trinajstić information content (AvgIpc) is 2.79. The maximum Gasteiger partial charge on any atom is 0.177 e. The Hall–Kier alpha value is -2.47. The van der Waals surface area contributed by atoms with Gasteiger partial charge in [-0.05, 0) is 17.7 Å². The quantitative estimate of drug-likeness (QED) is 0.683. The highest BCUT2D eigenvalue weighted by atomic mass is 16.5. The molecular weight excluding hydrogens is 226 g/mol. The van der Waals surface area contributed by atoms with Crippen LogP contribution in [0.1, 0.15) is 5.56 Å². The van der Waals surface area contributed by atoms with Crippen LogP contribution in [0.5, 0.6) is 5.75 Å². The molecule has 0 atom stereocenters. The Morgan fingerprint density at radius 3 is 2.83 bits per heavy atom. The molecule has 0 unspecified atom stereocenters. The minimum absolute atomic E-state index is 0.365. The van der Waals surface area contributed by atoms with Crippen molar-refractivity contribution in [3.05, 3.63) is 42.0 Å². The van der Waals surface area contributed by atoms with Crippen molar-refractivity contribution in [2.75, 3.05) is 7.11 Å². The van der Waals surface area contributed by atoms with Gasteiger partial charge in [-0.3, -0.25) is 0 Å². The molecule has 88 valence electrons. The van der Waals surface area contributed by atoms with Gasteiger partial charge in [0, 0.05) is 10.8 Å². The van der Waals surface area contributed by atoms with E-state index in [2.05, 4.69) is 6.07 Å². The third-order valence-corrected chi connectivity index (χ3v) is 3.07. The number of furan rings is 1. The molecule has 18 heavy (non-hydrogen) atoms. The predicted octanol–water partition coefficient (Wildman–Crippen LogP) is 3.66. The van der Waals surface area contributed by atoms with Crippen LogP contribution in [0, 0.1) is 11.3 Å². The molecule has 0 aliphatic rings. The summed E-state index contributed by atoms with van der Waals surface area (Å²) in [7, 11) is 1.62. The molecule has 3 heteroatoms. The van der Waals surface area contributed by atoms with Gasteiger partial charge in [0.05, 0.1) is 19.6 Å². The summed E-state index contributed by atoms with van der Waals surface area (Å²) in [6.45, 7) is 0. The lowest BCUT2D eigenvalue weighted by molar-refractivity contribution is 0.412. The van der Waals surface area contributed by atoms with Gasteiger partial charge in [0.2, 0.25) is 0 Å². The van der Waals surface area contributed by atoms with Crippen LogP contribution in [-0.2, 0) is 6.42 Å². The van der Waals surface area contributed by atoms with Gasteiger partial charge in [-0.15, -0.1) is 0 Å². The van der Waals surface area contributed by atoms with Crippen LogP contribution < -0.4 is 4.74 Å². The van der Waals surface area contributed by atoms with Crippen LogP contribution in [0.3, 0.4) is 0 Å². The van der Waals surface area contributed by atoms with Gasteiger partial charge < -0.3 is 9.15 Å². The first-order chi connectivity index (χ1) is 8.85. The SMILES string of the molecule is COc1ccc(CC#N)c2c1oc1ccccc12. The molecule has 3 rings (SSSR count). The van der Waals surface area contributed by atoms with Crippen molar-refractivity contribution in [2.24, 2.45) is 0 Å². The Labute approximate surface area is 104 Å². The zero-order valence-electron chi connectivity index (χ0n) is 9.93. The normalized spacial score (nSPS) is 10.7. The van der Waals surface area contributed by atoms with E-state index in [1.54, 1.807) is 7.11 Å². The highest BCUT2D eigenvalue weighted by Crippen LogP contribution is 2.36. The molecule has 3 nitrogen and oxygen atoms in total. The van der Waals surface area contributed by atoms with Crippen molar-refractivity contribution in [1.82, 2.24) is 0 Å². The molecule has 0 aliphatic carbocycles. The molecular formula is C15H11NO2. The minimum atomic E-state index is 0.365. The van der Waals surface area contributed by atoms with Crippen molar-refractivity contribution in [3.8, 4) is 11.8 Å². The summed E-state index contributed by atoms with van der Waals surface area (Å²) < 4.78 is 11.1. The Kier molecular flexibility index (Phi) is 2.42. The van der Waals surface area contributed by atoms with Crippen LogP contribution in [0.2, 0.25) is 0 Å². The number of benzene rings is 2. The standard InChI is InChI=1S/C15H11NO2/c1-17-13-7-6-10(8-9-16)14-11-4-2-3-5-12(11)18-15(13)14/h2-7H,8H2,1H3. The maximum atomic E-state index is 8.90. The lowest BCUT2D eigenvalue weighted by Crippen LogP contribution is -1.87. The van der Waals surface area contributed by atoms with Crippen LogP contribution >= 0.6 is 0 Å². The summed E-state index contributed by atoms with van der Waals surface area (Å²) in [4.78, 5) is 0. The number of nitrogens with zero attached hydrogens (tertiary/aromatic N) is 1. The molecule has 0 bridgehead atoms. The van der Waals surface area contributed by atoms with Gasteiger partial charge in [-0.1, -0.05) is 24.3 Å². The van der Waals surface area contributed by atoms with Crippen molar-refractivity contribution in [1.29, 1.82) is 5.26 Å². The van der Waals surface area contributed by atoms with E-state index in [0.29, 0.717) is 17.8 Å². The van der Waals surface area contributed by atoms with E-state index in [1.165, 1.54) is 0 Å². The fourth-order valence-electron chi connectivity index (χ4n) is 2.27. The number of hydrogen-bond acceptors (Lipinski definition) is 3. The van der Waals surface area contributed by atoms with Crippen LogP contribution in [0.25, 0.3) is 21.9 Å². The third-order valence-electron chi connectivity index (χ3n) is 3.07. The first kappa shape index (κ1) is 10.7. The Bertz CT molecular complexity index is 765. The predicted molar refractivity (Wildman–Crippen MR) is 69.6 cm³/mol. The molecule has 1 aromatic heterocycles. The monoisotopic (exact) mass is 237 g/mol. The molecule has 0 saturated carbocycles. The molecule has 0 fully saturated rings. The van der Waals surface area contributed by atoms with E-state index < -0.39 is 0 Å². The number of fused-ring (bicyclic) bond motifs is 3. The van der Waals surface area contributed by atoms with Gasteiger partial charge in [0.15, 0.2) is 11.3 Å². The summed E-state index contributed by atoms with van der Waals surface area (Å²) >= 11 is 0. The molecule has 0 aliphatic heterocycles. The van der Waals surface area contributed by atoms with E-state index in [9.17, 15) is 0 Å². The topological polar surface area (TPSA) is 46.2 Å². The van der Waals surface area contributed by atoms with Crippen LogP contribution in [0.4, 0.5) is 0 Å². The highest BCUT2D eigenvalue weighted by Gasteiger charge is 2.14. The smallest absolute Gasteiger partial charge is 0.177 e. The average molecular weight is 237 g/mol. The second-order valence-corrected chi connectivity index (χ2v) is 4.06. The van der Waals surface area contributed by atoms with Gasteiger partial charge in [-0.2, -0.15) is 5.26 Å². The van der Waals surface area contributed by atoms with Gasteiger partial charge in [-0.25, -0.2) is 0 Å². The van der Waals surface area contributed by atoms with E-state index in [4.69, 9.17) is 14.4 Å². The van der Waals surface area contributed by atoms with Gasteiger partial charge in [0.25, 0.3) is 0 Å². The van der Waals surface area contributed by atoms with Crippen molar-refractivity contribution >= 4 is 21.9 Å². The maximum absolute atomic E-state index is 8.90. The number of methoxy groups -OCH3 is 1. The van der Waals surface area contributed by atoms with Crippen molar-refractivity contribution < 1.29 is 9.15 Å². The zero-order chi connectivity index (χ0) is 12.5. The number of hydrogen-bond donors (Lipinski definition) is 0. The first-order valence-corrected chi connectivity index (χ1v) is 5.69. The Morgan fingerprint density at radius 2 is 2.06 bits per heavy atom. The van der Waals surface area contributed by atoms with Gasteiger partial charge in [0.1, 0.15) is 5.58 Å². The van der Waals surface area contributed by atoms with E-state index in [-0.39, 0.29) is 0 Å². The third kappa shape index (κ3) is 1.43. The summed E-state index contributed by atoms with van der Waals surface area (Å²) in [5.41, 5.74) is 2.50. The molecule has 0 amide bonds. The first-order valence-electron chi connectivity index (χ1n) is 5.69. The van der Waals surface area contributed by atoms with E-state index in [0.717, 1.165) is 21.9 Å². The fourth-order valence-corrected chi connectivity index (χ4v) is 2.27. The molecule has 1 heterocycles. The summed E-state index contributed by atoms with van der Waals surface area (Å²) in [6, 6.07) is 13.8. The lowest BCUT2D eigenvalue weighted by Gasteiger charge is -2.03. The van der Waals surface area contributed by atoms with E-state index >= 15 is 0 Å². The second kappa shape index (κ2) is 4.08. The van der Waals surface area contributed by atoms with Crippen molar-refractivity contribution in [3.63, 3.8) is 0 Å². The number of nitriles is 1. The summed E-state index contributed by atoms with van der Waals surface area (Å²) in [6.07, 6.45) is 0.365. The molecule has 0 spiro atoms. The largest absolute Gasteiger partial charge is 0.493 e. The number of ether oxygens (including phenoxy) is 1. The number of para-hydroxylation sites is 1. The molecule has 0 N–H and O–H groups in total. The van der Waals surface area contributed by atoms with Crippen molar-refractivity contribution in [2.45, 2.75) is 6.42 Å². The van der Waals surface area contributed by atoms with E-state index in [1.807, 2.05) is 36.4 Å². The Morgan fingerprint density at radius 1 is 1.22 bits per heavy atom. The Balaban J connectivity index is 2.48. The molecule has 2 aromatic carbocycles. The lowest BCUT2D eigenvalue weighted by atomic mass is 10.0. The van der Waals surface area contributed by atoms with Crippen LogP contribution in [-0.4, -0.2) is 7.11 Å². The highest BCUT2D eigenvalue weighted by molar-refractivity contribution is 6.08. The fraction of sp³-hybridized carbons (Fsp3) is 0.133. The summed E-state index contributed by atoms with van der Waals surface area (Å²) in [5, 5.41) is 10.9. The molecule has 0 radical (unpaired) electrons. The van der Waals surface area contributed by atoms with Crippen LogP contribution in [0.15, 0.2) is 40.8 Å². The van der Waals surface area contributed by atoms with Gasteiger partial charge >= 0.3 is 0 Å². The second-order valence-electron chi connectivity index (χ2n) is 4.06. The number of rotatable bonds is 2. The minimum Gasteiger partial charge on any atom is -0.493 e. The summed E-state index contributed by atoms with van der Waals surface area (Å²) in [5.74, 6) is 0.697. The molecule has 0 saturated heterocycles. The molecule has 3 aromatic rings.